The summed E-state index contributed by atoms with van der Waals surface area (Å²) in [6.07, 6.45) is 0. The highest BCUT2D eigenvalue weighted by Gasteiger charge is 2.35. The lowest BCUT2D eigenvalue weighted by molar-refractivity contribution is 0.103. The molecule has 112 valence electrons. The molecule has 0 saturated heterocycles. The van der Waals surface area contributed by atoms with Gasteiger partial charge in [-0.05, 0) is 11.1 Å². The maximum absolute atomic E-state index is 12.4. The number of fused-ring (bicyclic) bond motifs is 2. The van der Waals surface area contributed by atoms with Crippen molar-refractivity contribution in [3.05, 3.63) is 70.8 Å². The van der Waals surface area contributed by atoms with E-state index in [1.165, 1.54) is 0 Å². The SMILES string of the molecule is CC.CC.CC1(C)c2ccccc2C(=O)c2ccccc21. The molecule has 0 bridgehead atoms. The number of hydrogen-bond donors (Lipinski definition) is 0. The average molecular weight is 282 g/mol. The van der Waals surface area contributed by atoms with E-state index in [0.717, 1.165) is 22.3 Å². The van der Waals surface area contributed by atoms with E-state index >= 15 is 0 Å². The zero-order valence-corrected chi connectivity index (χ0v) is 14.0. The number of benzene rings is 2. The van der Waals surface area contributed by atoms with Crippen molar-refractivity contribution in [1.29, 1.82) is 0 Å². The first-order valence-electron chi connectivity index (χ1n) is 7.86. The number of hydrogen-bond acceptors (Lipinski definition) is 1. The zero-order chi connectivity index (χ0) is 16.0. The minimum absolute atomic E-state index is 0.0961. The van der Waals surface area contributed by atoms with E-state index in [9.17, 15) is 4.79 Å². The molecule has 0 aromatic heterocycles. The van der Waals surface area contributed by atoms with E-state index in [-0.39, 0.29) is 11.2 Å². The number of ketones is 1. The first-order valence-corrected chi connectivity index (χ1v) is 7.86. The Morgan fingerprint density at radius 2 is 1.00 bits per heavy atom. The Kier molecular flexibility index (Phi) is 5.90. The first-order chi connectivity index (χ1) is 10.1. The van der Waals surface area contributed by atoms with Crippen molar-refractivity contribution in [3.63, 3.8) is 0 Å². The predicted molar refractivity (Wildman–Crippen MR) is 91.1 cm³/mol. The molecule has 0 atom stereocenters. The molecule has 1 nitrogen and oxygen atoms in total. The van der Waals surface area contributed by atoms with Crippen LogP contribution < -0.4 is 0 Å². The number of carbonyl (C=O) groups is 1. The van der Waals surface area contributed by atoms with Gasteiger partial charge < -0.3 is 0 Å². The van der Waals surface area contributed by atoms with Crippen LogP contribution >= 0.6 is 0 Å². The highest BCUT2D eigenvalue weighted by atomic mass is 16.1. The third-order valence-electron chi connectivity index (χ3n) is 3.69. The van der Waals surface area contributed by atoms with Gasteiger partial charge in [0.1, 0.15) is 0 Å². The van der Waals surface area contributed by atoms with Gasteiger partial charge in [0.2, 0.25) is 0 Å². The summed E-state index contributed by atoms with van der Waals surface area (Å²) in [4.78, 5) is 12.4. The lowest BCUT2D eigenvalue weighted by Gasteiger charge is -2.34. The summed E-state index contributed by atoms with van der Waals surface area (Å²) in [6.45, 7) is 12.4. The van der Waals surface area contributed by atoms with Crippen LogP contribution in [0.1, 0.15) is 68.6 Å². The third kappa shape index (κ3) is 2.92. The van der Waals surface area contributed by atoms with Gasteiger partial charge in [-0.1, -0.05) is 90.1 Å². The normalized spacial score (nSPS) is 13.7. The summed E-state index contributed by atoms with van der Waals surface area (Å²) in [5.41, 5.74) is 3.85. The highest BCUT2D eigenvalue weighted by molar-refractivity contribution is 6.13. The minimum Gasteiger partial charge on any atom is -0.289 e. The molecule has 0 N–H and O–H groups in total. The van der Waals surface area contributed by atoms with Gasteiger partial charge in [-0.3, -0.25) is 4.79 Å². The van der Waals surface area contributed by atoms with E-state index in [2.05, 4.69) is 26.0 Å². The quantitative estimate of drug-likeness (QED) is 0.614. The lowest BCUT2D eigenvalue weighted by Crippen LogP contribution is -2.30. The van der Waals surface area contributed by atoms with Crippen LogP contribution in [-0.4, -0.2) is 5.78 Å². The van der Waals surface area contributed by atoms with Gasteiger partial charge in [0.25, 0.3) is 0 Å². The fourth-order valence-corrected chi connectivity index (χ4v) is 2.74. The third-order valence-corrected chi connectivity index (χ3v) is 3.69. The minimum atomic E-state index is -0.0961. The largest absolute Gasteiger partial charge is 0.289 e. The number of rotatable bonds is 0. The van der Waals surface area contributed by atoms with Crippen molar-refractivity contribution in [2.75, 3.05) is 0 Å². The summed E-state index contributed by atoms with van der Waals surface area (Å²) in [7, 11) is 0. The summed E-state index contributed by atoms with van der Waals surface area (Å²) in [5, 5.41) is 0. The van der Waals surface area contributed by atoms with E-state index in [1.54, 1.807) is 0 Å². The fraction of sp³-hybridized carbons (Fsp3) is 0.350. The van der Waals surface area contributed by atoms with E-state index < -0.39 is 0 Å². The van der Waals surface area contributed by atoms with Crippen molar-refractivity contribution in [3.8, 4) is 0 Å². The van der Waals surface area contributed by atoms with Crippen molar-refractivity contribution in [2.24, 2.45) is 0 Å². The first kappa shape index (κ1) is 17.2. The lowest BCUT2D eigenvalue weighted by atomic mass is 9.68. The van der Waals surface area contributed by atoms with Gasteiger partial charge >= 0.3 is 0 Å². The second kappa shape index (κ2) is 7.21. The Hall–Kier alpha value is -1.89. The average Bonchev–Trinajstić information content (AvgIpc) is 2.57. The van der Waals surface area contributed by atoms with Crippen molar-refractivity contribution in [1.82, 2.24) is 0 Å². The smallest absolute Gasteiger partial charge is 0.193 e. The molecule has 0 radical (unpaired) electrons. The van der Waals surface area contributed by atoms with Crippen LogP contribution in [0.25, 0.3) is 0 Å². The molecule has 1 aliphatic carbocycles. The summed E-state index contributed by atoms with van der Waals surface area (Å²) >= 11 is 0. The molecule has 1 aliphatic rings. The zero-order valence-electron chi connectivity index (χ0n) is 14.0. The van der Waals surface area contributed by atoms with Gasteiger partial charge in [-0.15, -0.1) is 0 Å². The molecule has 0 unspecified atom stereocenters. The van der Waals surface area contributed by atoms with Crippen LogP contribution in [0.3, 0.4) is 0 Å². The monoisotopic (exact) mass is 282 g/mol. The van der Waals surface area contributed by atoms with Gasteiger partial charge in [-0.25, -0.2) is 0 Å². The predicted octanol–water partition coefficient (Wildman–Crippen LogP) is 5.61. The van der Waals surface area contributed by atoms with Crippen molar-refractivity contribution < 1.29 is 4.79 Å². The van der Waals surface area contributed by atoms with Gasteiger partial charge in [0.05, 0.1) is 0 Å². The fourth-order valence-electron chi connectivity index (χ4n) is 2.74. The molecule has 1 heteroatoms. The van der Waals surface area contributed by atoms with Crippen LogP contribution in [0.5, 0.6) is 0 Å². The van der Waals surface area contributed by atoms with E-state index in [0.29, 0.717) is 0 Å². The van der Waals surface area contributed by atoms with Crippen LogP contribution in [0.2, 0.25) is 0 Å². The molecule has 0 amide bonds. The van der Waals surface area contributed by atoms with Crippen LogP contribution in [0.4, 0.5) is 0 Å². The maximum atomic E-state index is 12.4. The second-order valence-electron chi connectivity index (χ2n) is 5.05. The molecular formula is C20H26O. The molecule has 2 aromatic carbocycles. The Balaban J connectivity index is 0.000000510. The molecule has 0 heterocycles. The highest BCUT2D eigenvalue weighted by Crippen LogP contribution is 2.40. The standard InChI is InChI=1S/C16H14O.2C2H6/c1-16(2)13-9-5-3-7-11(13)15(17)12-8-4-6-10-14(12)16;2*1-2/h3-10H,1-2H3;2*1-2H3. The molecule has 0 fully saturated rings. The molecule has 0 aliphatic heterocycles. The molecule has 2 aromatic rings. The van der Waals surface area contributed by atoms with E-state index in [4.69, 9.17) is 0 Å². The van der Waals surface area contributed by atoms with Crippen molar-refractivity contribution >= 4 is 5.78 Å². The number of carbonyl (C=O) groups excluding carboxylic acids is 1. The molecule has 0 saturated carbocycles. The Morgan fingerprint density at radius 1 is 0.667 bits per heavy atom. The molecule has 3 rings (SSSR count). The van der Waals surface area contributed by atoms with Gasteiger partial charge in [-0.2, -0.15) is 0 Å². The molecule has 21 heavy (non-hydrogen) atoms. The second-order valence-corrected chi connectivity index (χ2v) is 5.05. The van der Waals surface area contributed by atoms with Crippen LogP contribution in [0, 0.1) is 0 Å². The Labute approximate surface area is 129 Å². The van der Waals surface area contributed by atoms with Crippen LogP contribution in [-0.2, 0) is 5.41 Å². The summed E-state index contributed by atoms with van der Waals surface area (Å²) in [5.74, 6) is 0.149. The van der Waals surface area contributed by atoms with Crippen LogP contribution in [0.15, 0.2) is 48.5 Å². The molecular weight excluding hydrogens is 256 g/mol. The molecule has 0 spiro atoms. The topological polar surface area (TPSA) is 17.1 Å². The summed E-state index contributed by atoms with van der Waals surface area (Å²) < 4.78 is 0. The maximum Gasteiger partial charge on any atom is 0.193 e. The Bertz CT molecular complexity index is 557. The summed E-state index contributed by atoms with van der Waals surface area (Å²) in [6, 6.07) is 15.8. The van der Waals surface area contributed by atoms with Gasteiger partial charge in [0, 0.05) is 16.5 Å². The van der Waals surface area contributed by atoms with Crippen molar-refractivity contribution in [2.45, 2.75) is 47.0 Å². The van der Waals surface area contributed by atoms with Gasteiger partial charge in [0.15, 0.2) is 5.78 Å². The van der Waals surface area contributed by atoms with E-state index in [1.807, 2.05) is 64.1 Å². The Morgan fingerprint density at radius 3 is 1.38 bits per heavy atom.